The van der Waals surface area contributed by atoms with Crippen molar-refractivity contribution >= 4 is 34.9 Å². The first-order valence-corrected chi connectivity index (χ1v) is 5.18. The van der Waals surface area contributed by atoms with Gasteiger partial charge in [-0.05, 0) is 17.7 Å². The molecule has 0 radical (unpaired) electrons. The summed E-state index contributed by atoms with van der Waals surface area (Å²) in [4.78, 5) is 14.9. The van der Waals surface area contributed by atoms with Crippen LogP contribution in [0, 0.1) is 0 Å². The number of benzene rings is 1. The molecular weight excluding hydrogens is 235 g/mol. The third-order valence-electron chi connectivity index (χ3n) is 2.05. The standard InChI is InChI=1S/C10H8Cl2N2O/c11-7-2-1-6(3-8(7)12)4-9-13-5-10(15)14-9/h1-3H,4-5H2,(H,13,14,15). The van der Waals surface area contributed by atoms with Crippen LogP contribution in [-0.4, -0.2) is 18.3 Å². The molecule has 2 rings (SSSR count). The highest BCUT2D eigenvalue weighted by molar-refractivity contribution is 6.42. The summed E-state index contributed by atoms with van der Waals surface area (Å²) in [5.41, 5.74) is 0.977. The Hall–Kier alpha value is -1.06. The molecule has 0 spiro atoms. The van der Waals surface area contributed by atoms with Crippen molar-refractivity contribution in [2.45, 2.75) is 6.42 Å². The molecule has 0 aromatic heterocycles. The van der Waals surface area contributed by atoms with Crippen LogP contribution < -0.4 is 5.32 Å². The first-order valence-electron chi connectivity index (χ1n) is 4.42. The van der Waals surface area contributed by atoms with Crippen LogP contribution in [0.4, 0.5) is 0 Å². The molecule has 0 aliphatic carbocycles. The van der Waals surface area contributed by atoms with Gasteiger partial charge in [0.05, 0.1) is 10.0 Å². The number of hydrogen-bond donors (Lipinski definition) is 1. The predicted molar refractivity (Wildman–Crippen MR) is 60.6 cm³/mol. The minimum Gasteiger partial charge on any atom is -0.313 e. The van der Waals surface area contributed by atoms with Gasteiger partial charge in [0.15, 0.2) is 0 Å². The van der Waals surface area contributed by atoms with E-state index in [0.717, 1.165) is 5.56 Å². The molecule has 1 aliphatic heterocycles. The zero-order valence-corrected chi connectivity index (χ0v) is 9.27. The second-order valence-electron chi connectivity index (χ2n) is 3.24. The minimum atomic E-state index is -0.0648. The van der Waals surface area contributed by atoms with E-state index in [1.54, 1.807) is 12.1 Å². The highest BCUT2D eigenvalue weighted by atomic mass is 35.5. The van der Waals surface area contributed by atoms with Crippen LogP contribution in [0.15, 0.2) is 23.2 Å². The van der Waals surface area contributed by atoms with E-state index in [9.17, 15) is 4.79 Å². The molecule has 1 heterocycles. The Labute approximate surface area is 97.1 Å². The van der Waals surface area contributed by atoms with E-state index in [1.165, 1.54) is 0 Å². The summed E-state index contributed by atoms with van der Waals surface area (Å²) in [6.07, 6.45) is 0.572. The molecule has 0 fully saturated rings. The largest absolute Gasteiger partial charge is 0.313 e. The molecule has 1 aromatic carbocycles. The van der Waals surface area contributed by atoms with Gasteiger partial charge in [-0.15, -0.1) is 0 Å². The average molecular weight is 243 g/mol. The number of carbonyl (C=O) groups excluding carboxylic acids is 1. The molecule has 1 aromatic rings. The fraction of sp³-hybridized carbons (Fsp3) is 0.200. The van der Waals surface area contributed by atoms with Crippen molar-refractivity contribution in [2.24, 2.45) is 4.99 Å². The van der Waals surface area contributed by atoms with Crippen LogP contribution in [0.3, 0.4) is 0 Å². The third kappa shape index (κ3) is 2.49. The molecular formula is C10H8Cl2N2O. The quantitative estimate of drug-likeness (QED) is 0.848. The summed E-state index contributed by atoms with van der Waals surface area (Å²) in [5.74, 6) is 0.614. The average Bonchev–Trinajstić information content (AvgIpc) is 2.58. The molecule has 1 aliphatic rings. The zero-order valence-electron chi connectivity index (χ0n) is 7.76. The van der Waals surface area contributed by atoms with Crippen LogP contribution >= 0.6 is 23.2 Å². The molecule has 15 heavy (non-hydrogen) atoms. The van der Waals surface area contributed by atoms with E-state index in [2.05, 4.69) is 10.3 Å². The smallest absolute Gasteiger partial charge is 0.247 e. The first-order chi connectivity index (χ1) is 7.15. The summed E-state index contributed by atoms with van der Waals surface area (Å²) in [7, 11) is 0. The number of amides is 1. The minimum absolute atomic E-state index is 0.0648. The van der Waals surface area contributed by atoms with E-state index in [0.29, 0.717) is 22.3 Å². The molecule has 1 N–H and O–H groups in total. The highest BCUT2D eigenvalue weighted by Crippen LogP contribution is 2.22. The topological polar surface area (TPSA) is 41.5 Å². The van der Waals surface area contributed by atoms with E-state index in [-0.39, 0.29) is 12.5 Å². The molecule has 3 nitrogen and oxygen atoms in total. The Kier molecular flexibility index (Phi) is 2.93. The molecule has 5 heteroatoms. The van der Waals surface area contributed by atoms with Crippen LogP contribution in [0.1, 0.15) is 5.56 Å². The van der Waals surface area contributed by atoms with Gasteiger partial charge in [0, 0.05) is 6.42 Å². The molecule has 78 valence electrons. The number of rotatable bonds is 2. The second kappa shape index (κ2) is 4.21. The summed E-state index contributed by atoms with van der Waals surface area (Å²) in [6.45, 7) is 0.219. The highest BCUT2D eigenvalue weighted by Gasteiger charge is 2.13. The normalized spacial score (nSPS) is 15.1. The SMILES string of the molecule is O=C1CN=C(Cc2ccc(Cl)c(Cl)c2)N1. The number of aliphatic imine (C=N–C) groups is 1. The van der Waals surface area contributed by atoms with Crippen LogP contribution in [0.5, 0.6) is 0 Å². The van der Waals surface area contributed by atoms with Crippen LogP contribution in [-0.2, 0) is 11.2 Å². The lowest BCUT2D eigenvalue weighted by atomic mass is 10.1. The van der Waals surface area contributed by atoms with Crippen molar-refractivity contribution in [3.8, 4) is 0 Å². The van der Waals surface area contributed by atoms with Gasteiger partial charge >= 0.3 is 0 Å². The molecule has 0 bridgehead atoms. The Bertz CT molecular complexity index is 443. The predicted octanol–water partition coefficient (Wildman–Crippen LogP) is 2.06. The van der Waals surface area contributed by atoms with Gasteiger partial charge in [-0.3, -0.25) is 9.79 Å². The van der Waals surface area contributed by atoms with Gasteiger partial charge in [-0.1, -0.05) is 29.3 Å². The lowest BCUT2D eigenvalue weighted by Gasteiger charge is -2.03. The summed E-state index contributed by atoms with van der Waals surface area (Å²) < 4.78 is 0. The van der Waals surface area contributed by atoms with E-state index in [4.69, 9.17) is 23.2 Å². The molecule has 0 saturated heterocycles. The van der Waals surface area contributed by atoms with Crippen molar-refractivity contribution in [1.29, 1.82) is 0 Å². The van der Waals surface area contributed by atoms with Gasteiger partial charge in [0.25, 0.3) is 0 Å². The molecule has 0 saturated carbocycles. The maximum Gasteiger partial charge on any atom is 0.247 e. The van der Waals surface area contributed by atoms with Crippen molar-refractivity contribution in [3.63, 3.8) is 0 Å². The molecule has 0 atom stereocenters. The number of amidine groups is 1. The van der Waals surface area contributed by atoms with E-state index < -0.39 is 0 Å². The zero-order chi connectivity index (χ0) is 10.8. The lowest BCUT2D eigenvalue weighted by molar-refractivity contribution is -0.117. The van der Waals surface area contributed by atoms with Crippen molar-refractivity contribution in [2.75, 3.05) is 6.54 Å². The van der Waals surface area contributed by atoms with Crippen molar-refractivity contribution in [1.82, 2.24) is 5.32 Å². The molecule has 0 unspecified atom stereocenters. The maximum absolute atomic E-state index is 10.9. The third-order valence-corrected chi connectivity index (χ3v) is 2.79. The Balaban J connectivity index is 2.11. The van der Waals surface area contributed by atoms with Crippen LogP contribution in [0.2, 0.25) is 10.0 Å². The van der Waals surface area contributed by atoms with Crippen molar-refractivity contribution in [3.05, 3.63) is 33.8 Å². The number of halogens is 2. The number of nitrogens with one attached hydrogen (secondary N) is 1. The van der Waals surface area contributed by atoms with Gasteiger partial charge in [0.2, 0.25) is 5.91 Å². The maximum atomic E-state index is 10.9. The number of hydrogen-bond acceptors (Lipinski definition) is 2. The lowest BCUT2D eigenvalue weighted by Crippen LogP contribution is -2.25. The summed E-state index contributed by atoms with van der Waals surface area (Å²) in [5, 5.41) is 3.71. The number of nitrogens with zero attached hydrogens (tertiary/aromatic N) is 1. The second-order valence-corrected chi connectivity index (χ2v) is 4.05. The fourth-order valence-corrected chi connectivity index (χ4v) is 1.67. The Morgan fingerprint density at radius 2 is 2.13 bits per heavy atom. The first kappa shape index (κ1) is 10.5. The van der Waals surface area contributed by atoms with E-state index >= 15 is 0 Å². The monoisotopic (exact) mass is 242 g/mol. The summed E-state index contributed by atoms with van der Waals surface area (Å²) >= 11 is 11.7. The van der Waals surface area contributed by atoms with Gasteiger partial charge < -0.3 is 5.32 Å². The van der Waals surface area contributed by atoms with Gasteiger partial charge in [0.1, 0.15) is 12.4 Å². The summed E-state index contributed by atoms with van der Waals surface area (Å²) in [6, 6.07) is 5.37. The van der Waals surface area contributed by atoms with E-state index in [1.807, 2.05) is 6.07 Å². The van der Waals surface area contributed by atoms with Crippen LogP contribution in [0.25, 0.3) is 0 Å². The molecule has 1 amide bonds. The fourth-order valence-electron chi connectivity index (χ4n) is 1.35. The Morgan fingerprint density at radius 3 is 2.73 bits per heavy atom. The van der Waals surface area contributed by atoms with Gasteiger partial charge in [-0.2, -0.15) is 0 Å². The Morgan fingerprint density at radius 1 is 1.33 bits per heavy atom. The van der Waals surface area contributed by atoms with Gasteiger partial charge in [-0.25, -0.2) is 0 Å². The number of carbonyl (C=O) groups is 1. The van der Waals surface area contributed by atoms with Crippen molar-refractivity contribution < 1.29 is 4.79 Å².